The number of fused-ring (bicyclic) bond motifs is 1. The number of thiophene rings is 1. The Bertz CT molecular complexity index is 596. The van der Waals surface area contributed by atoms with E-state index in [2.05, 4.69) is 39.8 Å². The van der Waals surface area contributed by atoms with Gasteiger partial charge in [0, 0.05) is 23.5 Å². The van der Waals surface area contributed by atoms with Crippen LogP contribution in [0.2, 0.25) is 0 Å². The molecular weight excluding hydrogens is 244 g/mol. The van der Waals surface area contributed by atoms with Crippen molar-refractivity contribution in [3.05, 3.63) is 46.8 Å². The van der Waals surface area contributed by atoms with E-state index in [1.165, 1.54) is 4.88 Å². The monoisotopic (exact) mass is 258 g/mol. The zero-order valence-electron chi connectivity index (χ0n) is 10.1. The molecule has 0 radical (unpaired) electrons. The first-order valence-corrected chi connectivity index (χ1v) is 6.79. The number of pyridine rings is 1. The Balaban J connectivity index is 1.71. The highest BCUT2D eigenvalue weighted by Gasteiger charge is 2.08. The standard InChI is InChI=1S/C13H14N4S/c1-10(9-11-5-4-8-18-11)14-13-15-12-6-2-3-7-17(12)16-13/h2-8,10H,9H2,1H3,(H,14,16). The number of hydrogen-bond donors (Lipinski definition) is 1. The van der Waals surface area contributed by atoms with E-state index in [0.29, 0.717) is 12.0 Å². The predicted molar refractivity (Wildman–Crippen MR) is 74.1 cm³/mol. The van der Waals surface area contributed by atoms with Gasteiger partial charge in [-0.15, -0.1) is 16.4 Å². The summed E-state index contributed by atoms with van der Waals surface area (Å²) in [4.78, 5) is 5.80. The van der Waals surface area contributed by atoms with Crippen LogP contribution in [0.1, 0.15) is 11.8 Å². The zero-order valence-corrected chi connectivity index (χ0v) is 10.9. The van der Waals surface area contributed by atoms with Gasteiger partial charge in [-0.05, 0) is 30.5 Å². The molecule has 1 N–H and O–H groups in total. The van der Waals surface area contributed by atoms with Crippen LogP contribution in [0.25, 0.3) is 5.65 Å². The van der Waals surface area contributed by atoms with Gasteiger partial charge >= 0.3 is 0 Å². The van der Waals surface area contributed by atoms with Gasteiger partial charge in [-0.3, -0.25) is 0 Å². The molecular formula is C13H14N4S. The zero-order chi connectivity index (χ0) is 12.4. The van der Waals surface area contributed by atoms with Gasteiger partial charge < -0.3 is 5.32 Å². The molecule has 1 atom stereocenters. The van der Waals surface area contributed by atoms with E-state index in [9.17, 15) is 0 Å². The normalized spacial score (nSPS) is 12.7. The minimum atomic E-state index is 0.320. The molecule has 0 spiro atoms. The van der Waals surface area contributed by atoms with Crippen LogP contribution in [-0.2, 0) is 6.42 Å². The minimum absolute atomic E-state index is 0.320. The van der Waals surface area contributed by atoms with E-state index in [-0.39, 0.29) is 0 Å². The maximum Gasteiger partial charge on any atom is 0.243 e. The van der Waals surface area contributed by atoms with Crippen molar-refractivity contribution in [2.24, 2.45) is 0 Å². The Hall–Kier alpha value is -1.88. The van der Waals surface area contributed by atoms with Crippen LogP contribution in [0, 0.1) is 0 Å². The number of anilines is 1. The van der Waals surface area contributed by atoms with Crippen LogP contribution in [0.3, 0.4) is 0 Å². The second-order valence-corrected chi connectivity index (χ2v) is 5.30. The average molecular weight is 258 g/mol. The van der Waals surface area contributed by atoms with E-state index in [4.69, 9.17) is 0 Å². The highest BCUT2D eigenvalue weighted by molar-refractivity contribution is 7.09. The van der Waals surface area contributed by atoms with Gasteiger partial charge in [-0.2, -0.15) is 4.98 Å². The Morgan fingerprint density at radius 3 is 3.06 bits per heavy atom. The molecule has 0 aliphatic carbocycles. The van der Waals surface area contributed by atoms with Gasteiger partial charge in [0.1, 0.15) is 0 Å². The van der Waals surface area contributed by atoms with Crippen LogP contribution >= 0.6 is 11.3 Å². The maximum absolute atomic E-state index is 4.43. The fourth-order valence-corrected chi connectivity index (χ4v) is 2.73. The summed E-state index contributed by atoms with van der Waals surface area (Å²) in [5.41, 5.74) is 0.864. The summed E-state index contributed by atoms with van der Waals surface area (Å²) >= 11 is 1.78. The Kier molecular flexibility index (Phi) is 2.98. The van der Waals surface area contributed by atoms with Gasteiger partial charge in [0.25, 0.3) is 0 Å². The van der Waals surface area contributed by atoms with Crippen molar-refractivity contribution < 1.29 is 0 Å². The Morgan fingerprint density at radius 2 is 2.28 bits per heavy atom. The second-order valence-electron chi connectivity index (χ2n) is 4.27. The third-order valence-electron chi connectivity index (χ3n) is 2.70. The molecule has 3 aromatic rings. The summed E-state index contributed by atoms with van der Waals surface area (Å²) in [7, 11) is 0. The van der Waals surface area contributed by atoms with E-state index >= 15 is 0 Å². The second kappa shape index (κ2) is 4.78. The topological polar surface area (TPSA) is 42.2 Å². The van der Waals surface area contributed by atoms with E-state index in [1.807, 2.05) is 24.4 Å². The van der Waals surface area contributed by atoms with Crippen molar-refractivity contribution >= 4 is 22.9 Å². The van der Waals surface area contributed by atoms with Crippen LogP contribution in [0.4, 0.5) is 5.95 Å². The van der Waals surface area contributed by atoms with Crippen molar-refractivity contribution in [3.8, 4) is 0 Å². The predicted octanol–water partition coefficient (Wildman–Crippen LogP) is 2.83. The molecule has 0 aliphatic heterocycles. The van der Waals surface area contributed by atoms with Crippen molar-refractivity contribution in [1.82, 2.24) is 14.6 Å². The van der Waals surface area contributed by atoms with Gasteiger partial charge in [0.05, 0.1) is 0 Å². The number of hydrogen-bond acceptors (Lipinski definition) is 4. The first-order chi connectivity index (χ1) is 8.81. The molecule has 0 aliphatic rings. The summed E-state index contributed by atoms with van der Waals surface area (Å²) in [5, 5.41) is 9.82. The smallest absolute Gasteiger partial charge is 0.243 e. The SMILES string of the molecule is CC(Cc1cccs1)Nc1nc2ccccn2n1. The molecule has 92 valence electrons. The fraction of sp³-hybridized carbons (Fsp3) is 0.231. The third kappa shape index (κ3) is 2.36. The first-order valence-electron chi connectivity index (χ1n) is 5.91. The van der Waals surface area contributed by atoms with Crippen molar-refractivity contribution in [2.45, 2.75) is 19.4 Å². The highest BCUT2D eigenvalue weighted by Crippen LogP contribution is 2.13. The molecule has 5 heteroatoms. The Morgan fingerprint density at radius 1 is 1.33 bits per heavy atom. The van der Waals surface area contributed by atoms with Crippen LogP contribution in [0.15, 0.2) is 41.9 Å². The fourth-order valence-electron chi connectivity index (χ4n) is 1.89. The molecule has 1 unspecified atom stereocenters. The summed E-state index contributed by atoms with van der Waals surface area (Å²) in [6, 6.07) is 10.4. The van der Waals surface area contributed by atoms with E-state index < -0.39 is 0 Å². The molecule has 0 fully saturated rings. The summed E-state index contributed by atoms with van der Waals surface area (Å²) in [6.45, 7) is 2.14. The minimum Gasteiger partial charge on any atom is -0.350 e. The highest BCUT2D eigenvalue weighted by atomic mass is 32.1. The third-order valence-corrected chi connectivity index (χ3v) is 3.60. The molecule has 3 aromatic heterocycles. The van der Waals surface area contributed by atoms with Crippen LogP contribution in [-0.4, -0.2) is 20.6 Å². The van der Waals surface area contributed by atoms with Gasteiger partial charge in [0.15, 0.2) is 5.65 Å². The van der Waals surface area contributed by atoms with Crippen molar-refractivity contribution in [1.29, 1.82) is 0 Å². The Labute approximate surface area is 109 Å². The lowest BCUT2D eigenvalue weighted by Crippen LogP contribution is -2.18. The van der Waals surface area contributed by atoms with Crippen molar-refractivity contribution in [2.75, 3.05) is 5.32 Å². The van der Waals surface area contributed by atoms with Crippen molar-refractivity contribution in [3.63, 3.8) is 0 Å². The van der Waals surface area contributed by atoms with E-state index in [1.54, 1.807) is 15.9 Å². The molecule has 3 heterocycles. The van der Waals surface area contributed by atoms with Gasteiger partial charge in [-0.25, -0.2) is 4.52 Å². The van der Waals surface area contributed by atoms with E-state index in [0.717, 1.165) is 12.1 Å². The average Bonchev–Trinajstić information content (AvgIpc) is 2.96. The molecule has 0 amide bonds. The largest absolute Gasteiger partial charge is 0.350 e. The maximum atomic E-state index is 4.43. The molecule has 0 bridgehead atoms. The molecule has 4 nitrogen and oxygen atoms in total. The lowest BCUT2D eigenvalue weighted by atomic mass is 10.2. The first kappa shape index (κ1) is 11.2. The van der Waals surface area contributed by atoms with Crippen LogP contribution in [0.5, 0.6) is 0 Å². The van der Waals surface area contributed by atoms with Gasteiger partial charge in [0.2, 0.25) is 5.95 Å². The lowest BCUT2D eigenvalue weighted by Gasteiger charge is -2.10. The molecule has 0 aromatic carbocycles. The molecule has 18 heavy (non-hydrogen) atoms. The number of aromatic nitrogens is 3. The quantitative estimate of drug-likeness (QED) is 0.782. The molecule has 0 saturated heterocycles. The summed E-state index contributed by atoms with van der Waals surface area (Å²) in [5.74, 6) is 0.685. The van der Waals surface area contributed by atoms with Crippen LogP contribution < -0.4 is 5.32 Å². The molecule has 3 rings (SSSR count). The number of rotatable bonds is 4. The number of nitrogens with zero attached hydrogens (tertiary/aromatic N) is 3. The molecule has 0 saturated carbocycles. The number of nitrogens with one attached hydrogen (secondary N) is 1. The van der Waals surface area contributed by atoms with Gasteiger partial charge in [-0.1, -0.05) is 12.1 Å². The lowest BCUT2D eigenvalue weighted by molar-refractivity contribution is 0.784. The summed E-state index contributed by atoms with van der Waals surface area (Å²) in [6.07, 6.45) is 2.89. The summed E-state index contributed by atoms with van der Waals surface area (Å²) < 4.78 is 1.78.